The fourth-order valence-electron chi connectivity index (χ4n) is 4.10. The van der Waals surface area contributed by atoms with Crippen molar-refractivity contribution >= 4 is 29.0 Å². The van der Waals surface area contributed by atoms with Crippen molar-refractivity contribution in [3.8, 4) is 16.9 Å². The second kappa shape index (κ2) is 9.22. The van der Waals surface area contributed by atoms with Crippen molar-refractivity contribution in [2.24, 2.45) is 0 Å². The van der Waals surface area contributed by atoms with Crippen LogP contribution < -0.4 is 10.5 Å². The molecule has 4 rings (SSSR count). The van der Waals surface area contributed by atoms with Crippen LogP contribution in [0.4, 0.5) is 10.2 Å². The van der Waals surface area contributed by atoms with Gasteiger partial charge in [-0.3, -0.25) is 4.98 Å². The third-order valence-corrected chi connectivity index (χ3v) is 6.64. The standard InChI is InChI=1S/C24H24Cl2FN3O2/c1-14(21-17(25)6-7-18(27)22(21)26)32-19-11-16(13-30-23(19)28)15-5-8-20(29-12-15)24(31)9-3-2-4-10-24/h5-8,11-14,31H,2-4,9-10H2,1H3,(H2,28,30). The zero-order chi connectivity index (χ0) is 22.9. The number of benzene rings is 1. The molecular weight excluding hydrogens is 452 g/mol. The number of halogens is 3. The summed E-state index contributed by atoms with van der Waals surface area (Å²) in [5, 5.41) is 11.1. The van der Waals surface area contributed by atoms with Gasteiger partial charge in [-0.05, 0) is 44.0 Å². The Morgan fingerprint density at radius 3 is 2.47 bits per heavy atom. The largest absolute Gasteiger partial charge is 0.482 e. The van der Waals surface area contributed by atoms with E-state index in [1.807, 2.05) is 12.1 Å². The Morgan fingerprint density at radius 1 is 1.06 bits per heavy atom. The summed E-state index contributed by atoms with van der Waals surface area (Å²) in [6.45, 7) is 1.71. The molecule has 3 aromatic rings. The van der Waals surface area contributed by atoms with Crippen LogP contribution in [-0.4, -0.2) is 15.1 Å². The summed E-state index contributed by atoms with van der Waals surface area (Å²) in [7, 11) is 0. The highest BCUT2D eigenvalue weighted by Crippen LogP contribution is 2.38. The van der Waals surface area contributed by atoms with Crippen molar-refractivity contribution < 1.29 is 14.2 Å². The van der Waals surface area contributed by atoms with Crippen LogP contribution >= 0.6 is 23.2 Å². The number of nitrogens with two attached hydrogens (primary N) is 1. The summed E-state index contributed by atoms with van der Waals surface area (Å²) in [6.07, 6.45) is 7.27. The average molecular weight is 476 g/mol. The van der Waals surface area contributed by atoms with Gasteiger partial charge in [-0.1, -0.05) is 48.5 Å². The van der Waals surface area contributed by atoms with Crippen LogP contribution in [-0.2, 0) is 5.60 Å². The summed E-state index contributed by atoms with van der Waals surface area (Å²) < 4.78 is 19.9. The van der Waals surface area contributed by atoms with Crippen LogP contribution in [0.3, 0.4) is 0 Å². The Bertz CT molecular complexity index is 1120. The van der Waals surface area contributed by atoms with E-state index in [-0.39, 0.29) is 10.8 Å². The third-order valence-electron chi connectivity index (χ3n) is 5.93. The van der Waals surface area contributed by atoms with Gasteiger partial charge >= 0.3 is 0 Å². The number of hydrogen-bond donors (Lipinski definition) is 2. The van der Waals surface area contributed by atoms with Crippen molar-refractivity contribution in [1.82, 2.24) is 9.97 Å². The lowest BCUT2D eigenvalue weighted by atomic mass is 9.82. The number of nitrogen functional groups attached to an aromatic ring is 1. The van der Waals surface area contributed by atoms with Gasteiger partial charge in [0.2, 0.25) is 0 Å². The topological polar surface area (TPSA) is 81.3 Å². The normalized spacial score (nSPS) is 16.5. The molecule has 1 atom stereocenters. The van der Waals surface area contributed by atoms with Gasteiger partial charge in [0, 0.05) is 34.1 Å². The molecular formula is C24H24Cl2FN3O2. The molecule has 1 aliphatic carbocycles. The molecule has 1 aromatic carbocycles. The Kier molecular flexibility index (Phi) is 6.56. The number of rotatable bonds is 5. The van der Waals surface area contributed by atoms with E-state index < -0.39 is 17.5 Å². The van der Waals surface area contributed by atoms with Crippen molar-refractivity contribution in [2.45, 2.75) is 50.7 Å². The minimum Gasteiger partial charge on any atom is -0.482 e. The minimum atomic E-state index is -0.858. The fourth-order valence-corrected chi connectivity index (χ4v) is 4.78. The van der Waals surface area contributed by atoms with Crippen LogP contribution in [0.15, 0.2) is 42.7 Å². The first kappa shape index (κ1) is 22.8. The molecule has 0 spiro atoms. The van der Waals surface area contributed by atoms with Gasteiger partial charge in [0.1, 0.15) is 17.5 Å². The lowest BCUT2D eigenvalue weighted by Gasteiger charge is -2.31. The molecule has 2 heterocycles. The Hall–Kier alpha value is -2.41. The van der Waals surface area contributed by atoms with Gasteiger partial charge in [0.05, 0.1) is 10.7 Å². The molecule has 0 saturated heterocycles. The molecule has 5 nitrogen and oxygen atoms in total. The molecule has 32 heavy (non-hydrogen) atoms. The molecule has 1 aliphatic rings. The molecule has 1 saturated carbocycles. The van der Waals surface area contributed by atoms with Gasteiger partial charge in [0.25, 0.3) is 0 Å². The smallest absolute Gasteiger partial charge is 0.166 e. The molecule has 0 aliphatic heterocycles. The Labute approximate surface area is 196 Å². The first-order valence-corrected chi connectivity index (χ1v) is 11.3. The maximum absolute atomic E-state index is 13.9. The zero-order valence-corrected chi connectivity index (χ0v) is 19.1. The Morgan fingerprint density at radius 2 is 1.78 bits per heavy atom. The van der Waals surface area contributed by atoms with E-state index in [0.29, 0.717) is 22.0 Å². The summed E-state index contributed by atoms with van der Waals surface area (Å²) in [6, 6.07) is 8.13. The highest BCUT2D eigenvalue weighted by atomic mass is 35.5. The van der Waals surface area contributed by atoms with E-state index in [1.165, 1.54) is 12.1 Å². The quantitative estimate of drug-likeness (QED) is 0.413. The molecule has 3 N–H and O–H groups in total. The SMILES string of the molecule is CC(Oc1cc(-c2ccc(C3(O)CCCCC3)nc2)cnc1N)c1c(Cl)ccc(F)c1Cl. The molecule has 8 heteroatoms. The summed E-state index contributed by atoms with van der Waals surface area (Å²) >= 11 is 12.3. The van der Waals surface area contributed by atoms with Crippen LogP contribution in [0.25, 0.3) is 11.1 Å². The third kappa shape index (κ3) is 4.53. The fraction of sp³-hybridized carbons (Fsp3) is 0.333. The number of aliphatic hydroxyl groups is 1. The van der Waals surface area contributed by atoms with E-state index in [1.54, 1.807) is 25.4 Å². The van der Waals surface area contributed by atoms with E-state index >= 15 is 0 Å². The number of nitrogens with zero attached hydrogens (tertiary/aromatic N) is 2. The van der Waals surface area contributed by atoms with Gasteiger partial charge < -0.3 is 15.6 Å². The van der Waals surface area contributed by atoms with Crippen LogP contribution in [0.2, 0.25) is 10.0 Å². The molecule has 168 valence electrons. The average Bonchev–Trinajstić information content (AvgIpc) is 2.79. The highest BCUT2D eigenvalue weighted by molar-refractivity contribution is 6.36. The van der Waals surface area contributed by atoms with E-state index in [0.717, 1.165) is 43.2 Å². The minimum absolute atomic E-state index is 0.0897. The van der Waals surface area contributed by atoms with E-state index in [4.69, 9.17) is 33.7 Å². The maximum atomic E-state index is 13.9. The van der Waals surface area contributed by atoms with Crippen molar-refractivity contribution in [3.05, 3.63) is 69.8 Å². The van der Waals surface area contributed by atoms with Crippen LogP contribution in [0, 0.1) is 5.82 Å². The summed E-state index contributed by atoms with van der Waals surface area (Å²) in [5.74, 6) is -0.0705. The first-order valence-electron chi connectivity index (χ1n) is 10.5. The predicted molar refractivity (Wildman–Crippen MR) is 124 cm³/mol. The van der Waals surface area contributed by atoms with Crippen molar-refractivity contribution in [2.75, 3.05) is 5.73 Å². The lowest BCUT2D eigenvalue weighted by molar-refractivity contribution is -0.00461. The van der Waals surface area contributed by atoms with Crippen molar-refractivity contribution in [1.29, 1.82) is 0 Å². The summed E-state index contributed by atoms with van der Waals surface area (Å²) in [4.78, 5) is 8.74. The number of hydrogen-bond acceptors (Lipinski definition) is 5. The van der Waals surface area contributed by atoms with Crippen molar-refractivity contribution in [3.63, 3.8) is 0 Å². The number of aromatic nitrogens is 2. The zero-order valence-electron chi connectivity index (χ0n) is 17.6. The Balaban J connectivity index is 1.59. The molecule has 0 bridgehead atoms. The van der Waals surface area contributed by atoms with E-state index in [2.05, 4.69) is 9.97 Å². The molecule has 1 fully saturated rings. The van der Waals surface area contributed by atoms with Gasteiger partial charge in [-0.15, -0.1) is 0 Å². The summed E-state index contributed by atoms with van der Waals surface area (Å²) in [5.41, 5.74) is 7.73. The molecule has 0 amide bonds. The molecule has 0 radical (unpaired) electrons. The van der Waals surface area contributed by atoms with E-state index in [9.17, 15) is 9.50 Å². The first-order chi connectivity index (χ1) is 15.3. The number of pyridine rings is 2. The maximum Gasteiger partial charge on any atom is 0.166 e. The highest BCUT2D eigenvalue weighted by Gasteiger charge is 2.32. The predicted octanol–water partition coefficient (Wildman–Crippen LogP) is 6.46. The second-order valence-corrected chi connectivity index (χ2v) is 8.93. The lowest BCUT2D eigenvalue weighted by Crippen LogP contribution is -2.29. The molecule has 2 aromatic heterocycles. The monoisotopic (exact) mass is 475 g/mol. The van der Waals surface area contributed by atoms with Gasteiger partial charge in [-0.25, -0.2) is 9.37 Å². The van der Waals surface area contributed by atoms with Gasteiger partial charge in [0.15, 0.2) is 11.6 Å². The number of anilines is 1. The second-order valence-electron chi connectivity index (χ2n) is 8.15. The number of ether oxygens (including phenoxy) is 1. The molecule has 1 unspecified atom stereocenters. The van der Waals surface area contributed by atoms with Gasteiger partial charge in [-0.2, -0.15) is 0 Å². The van der Waals surface area contributed by atoms with Crippen LogP contribution in [0.1, 0.15) is 56.4 Å². The van der Waals surface area contributed by atoms with Crippen LogP contribution in [0.5, 0.6) is 5.75 Å².